The van der Waals surface area contributed by atoms with Gasteiger partial charge in [0.05, 0.1) is 24.1 Å². The Balaban J connectivity index is 2.13. The van der Waals surface area contributed by atoms with Crippen molar-refractivity contribution in [1.82, 2.24) is 4.98 Å². The molecule has 1 aromatic carbocycles. The first-order chi connectivity index (χ1) is 9.61. The van der Waals surface area contributed by atoms with Crippen LogP contribution in [-0.4, -0.2) is 23.3 Å². The molecular formula is C16H15NO3. The molecule has 0 saturated carbocycles. The Bertz CT molecular complexity index is 676. The quantitative estimate of drug-likeness (QED) is 0.362. The van der Waals surface area contributed by atoms with Gasteiger partial charge in [0.1, 0.15) is 0 Å². The molecule has 20 heavy (non-hydrogen) atoms. The number of ether oxygens (including phenoxy) is 1. The second-order valence-electron chi connectivity index (χ2n) is 4.29. The number of para-hydroxylation sites is 1. The molecule has 102 valence electrons. The third-order valence-corrected chi connectivity index (χ3v) is 2.86. The zero-order chi connectivity index (χ0) is 14.5. The lowest BCUT2D eigenvalue weighted by Gasteiger charge is -2.05. The largest absolute Gasteiger partial charge is 0.462 e. The summed E-state index contributed by atoms with van der Waals surface area (Å²) < 4.78 is 4.75. The molecule has 0 fully saturated rings. The number of ketones is 1. The van der Waals surface area contributed by atoms with E-state index in [9.17, 15) is 9.59 Å². The number of hydrogen-bond acceptors (Lipinski definition) is 4. The monoisotopic (exact) mass is 269 g/mol. The van der Waals surface area contributed by atoms with Crippen LogP contribution in [0.5, 0.6) is 0 Å². The number of pyridine rings is 1. The number of fused-ring (bicyclic) bond motifs is 1. The van der Waals surface area contributed by atoms with E-state index in [2.05, 4.69) is 11.6 Å². The molecule has 0 N–H and O–H groups in total. The Labute approximate surface area is 117 Å². The van der Waals surface area contributed by atoms with Gasteiger partial charge >= 0.3 is 5.97 Å². The summed E-state index contributed by atoms with van der Waals surface area (Å²) in [6.07, 6.45) is 0.0441. The second kappa shape index (κ2) is 6.10. The van der Waals surface area contributed by atoms with Gasteiger partial charge in [0.15, 0.2) is 5.78 Å². The van der Waals surface area contributed by atoms with Gasteiger partial charge in [0.25, 0.3) is 0 Å². The number of hydrogen-bond donors (Lipinski definition) is 0. The fraction of sp³-hybridized carbons (Fsp3) is 0.188. The van der Waals surface area contributed by atoms with Gasteiger partial charge in [-0.25, -0.2) is 4.79 Å². The number of aromatic nitrogens is 1. The lowest BCUT2D eigenvalue weighted by molar-refractivity contribution is -0.139. The van der Waals surface area contributed by atoms with Crippen LogP contribution in [0.1, 0.15) is 12.6 Å². The van der Waals surface area contributed by atoms with Gasteiger partial charge in [-0.2, -0.15) is 0 Å². The summed E-state index contributed by atoms with van der Waals surface area (Å²) in [7, 11) is 0. The van der Waals surface area contributed by atoms with Gasteiger partial charge in [-0.1, -0.05) is 30.8 Å². The zero-order valence-corrected chi connectivity index (χ0v) is 11.3. The molecule has 4 heteroatoms. The van der Waals surface area contributed by atoms with Gasteiger partial charge < -0.3 is 4.74 Å². The first-order valence-corrected chi connectivity index (χ1v) is 6.35. The zero-order valence-electron chi connectivity index (χ0n) is 11.3. The summed E-state index contributed by atoms with van der Waals surface area (Å²) >= 11 is 0. The summed E-state index contributed by atoms with van der Waals surface area (Å²) in [6, 6.07) is 11.3. The molecule has 0 aliphatic heterocycles. The number of carbonyl (C=O) groups is 2. The van der Waals surface area contributed by atoms with Crippen LogP contribution >= 0.6 is 0 Å². The number of nitrogens with zero attached hydrogens (tertiary/aromatic N) is 1. The third-order valence-electron chi connectivity index (χ3n) is 2.86. The molecule has 2 aromatic rings. The first-order valence-electron chi connectivity index (χ1n) is 6.35. The molecule has 1 aromatic heterocycles. The molecule has 0 bridgehead atoms. The van der Waals surface area contributed by atoms with Crippen molar-refractivity contribution >= 4 is 22.7 Å². The highest BCUT2D eigenvalue weighted by Crippen LogP contribution is 2.13. The van der Waals surface area contributed by atoms with E-state index in [-0.39, 0.29) is 24.4 Å². The van der Waals surface area contributed by atoms with E-state index in [1.807, 2.05) is 30.3 Å². The van der Waals surface area contributed by atoms with Crippen molar-refractivity contribution in [1.29, 1.82) is 0 Å². The topological polar surface area (TPSA) is 56.3 Å². The van der Waals surface area contributed by atoms with Gasteiger partial charge in [-0.3, -0.25) is 9.78 Å². The lowest BCUT2D eigenvalue weighted by Crippen LogP contribution is -2.17. The van der Waals surface area contributed by atoms with Crippen LogP contribution in [0, 0.1) is 0 Å². The summed E-state index contributed by atoms with van der Waals surface area (Å²) in [5, 5.41) is 1.01. The standard InChI is InChI=1S/C16H15NO3/c1-3-20-16(19)11(2)15(18)10-13-9-8-12-6-4-5-7-14(12)17-13/h4-9H,2-3,10H2,1H3. The molecular weight excluding hydrogens is 254 g/mol. The molecule has 0 aliphatic carbocycles. The number of esters is 1. The van der Waals surface area contributed by atoms with E-state index in [0.717, 1.165) is 10.9 Å². The van der Waals surface area contributed by atoms with Crippen LogP contribution in [0.15, 0.2) is 48.6 Å². The van der Waals surface area contributed by atoms with Crippen molar-refractivity contribution in [3.05, 3.63) is 54.2 Å². The Morgan fingerprint density at radius 3 is 2.70 bits per heavy atom. The maximum Gasteiger partial charge on any atom is 0.341 e. The molecule has 0 amide bonds. The van der Waals surface area contributed by atoms with E-state index >= 15 is 0 Å². The Kier molecular flexibility index (Phi) is 4.25. The van der Waals surface area contributed by atoms with Crippen LogP contribution in [0.3, 0.4) is 0 Å². The minimum absolute atomic E-state index is 0.0441. The molecule has 1 heterocycles. The molecule has 0 unspecified atom stereocenters. The average molecular weight is 269 g/mol. The maximum atomic E-state index is 11.9. The highest BCUT2D eigenvalue weighted by atomic mass is 16.5. The van der Waals surface area contributed by atoms with E-state index in [0.29, 0.717) is 5.69 Å². The van der Waals surface area contributed by atoms with E-state index in [1.54, 1.807) is 13.0 Å². The molecule has 0 atom stereocenters. The minimum atomic E-state index is -0.668. The fourth-order valence-electron chi connectivity index (χ4n) is 1.81. The lowest BCUT2D eigenvalue weighted by atomic mass is 10.1. The van der Waals surface area contributed by atoms with Crippen LogP contribution in [0.2, 0.25) is 0 Å². The Morgan fingerprint density at radius 1 is 1.20 bits per heavy atom. The molecule has 4 nitrogen and oxygen atoms in total. The van der Waals surface area contributed by atoms with Gasteiger partial charge in [-0.15, -0.1) is 0 Å². The number of rotatable bonds is 5. The van der Waals surface area contributed by atoms with Gasteiger partial charge in [-0.05, 0) is 19.1 Å². The van der Waals surface area contributed by atoms with Crippen LogP contribution in [-0.2, 0) is 20.7 Å². The molecule has 0 spiro atoms. The molecule has 0 saturated heterocycles. The normalized spacial score (nSPS) is 10.2. The highest BCUT2D eigenvalue weighted by Gasteiger charge is 2.17. The van der Waals surface area contributed by atoms with Crippen molar-refractivity contribution < 1.29 is 14.3 Å². The fourth-order valence-corrected chi connectivity index (χ4v) is 1.81. The number of carbonyl (C=O) groups excluding carboxylic acids is 2. The van der Waals surface area contributed by atoms with Crippen molar-refractivity contribution in [3.63, 3.8) is 0 Å². The predicted molar refractivity (Wildman–Crippen MR) is 76.2 cm³/mol. The second-order valence-corrected chi connectivity index (χ2v) is 4.29. The van der Waals surface area contributed by atoms with Crippen molar-refractivity contribution in [3.8, 4) is 0 Å². The van der Waals surface area contributed by atoms with Crippen LogP contribution in [0.4, 0.5) is 0 Å². The SMILES string of the molecule is C=C(C(=O)Cc1ccc2ccccc2n1)C(=O)OCC. The number of benzene rings is 1. The summed E-state index contributed by atoms with van der Waals surface area (Å²) in [5.41, 5.74) is 1.29. The van der Waals surface area contributed by atoms with E-state index < -0.39 is 5.97 Å². The Morgan fingerprint density at radius 2 is 1.95 bits per heavy atom. The van der Waals surface area contributed by atoms with Crippen LogP contribution in [0.25, 0.3) is 10.9 Å². The van der Waals surface area contributed by atoms with Crippen LogP contribution < -0.4 is 0 Å². The number of Topliss-reactive ketones (excluding diaryl/α,β-unsaturated/α-hetero) is 1. The average Bonchev–Trinajstić information content (AvgIpc) is 2.46. The minimum Gasteiger partial charge on any atom is -0.462 e. The molecule has 2 rings (SSSR count). The summed E-state index contributed by atoms with van der Waals surface area (Å²) in [6.45, 7) is 5.38. The third kappa shape index (κ3) is 3.09. The maximum absolute atomic E-state index is 11.9. The van der Waals surface area contributed by atoms with Crippen molar-refractivity contribution in [2.45, 2.75) is 13.3 Å². The van der Waals surface area contributed by atoms with Crippen molar-refractivity contribution in [2.75, 3.05) is 6.61 Å². The van der Waals surface area contributed by atoms with Crippen molar-refractivity contribution in [2.24, 2.45) is 0 Å². The summed E-state index contributed by atoms with van der Waals surface area (Å²) in [4.78, 5) is 27.7. The Hall–Kier alpha value is -2.49. The van der Waals surface area contributed by atoms with E-state index in [4.69, 9.17) is 4.74 Å². The smallest absolute Gasteiger partial charge is 0.341 e. The highest BCUT2D eigenvalue weighted by molar-refractivity contribution is 6.17. The summed E-state index contributed by atoms with van der Waals surface area (Å²) in [5.74, 6) is -1.04. The van der Waals surface area contributed by atoms with Gasteiger partial charge in [0.2, 0.25) is 0 Å². The van der Waals surface area contributed by atoms with Gasteiger partial charge in [0, 0.05) is 11.1 Å². The molecule has 0 aliphatic rings. The molecule has 0 radical (unpaired) electrons. The first kappa shape index (κ1) is 13.9. The van der Waals surface area contributed by atoms with E-state index in [1.165, 1.54) is 0 Å². The predicted octanol–water partition coefficient (Wildman–Crippen LogP) is 2.47.